The summed E-state index contributed by atoms with van der Waals surface area (Å²) in [4.78, 5) is 28.2. The van der Waals surface area contributed by atoms with Crippen molar-refractivity contribution in [3.63, 3.8) is 0 Å². The summed E-state index contributed by atoms with van der Waals surface area (Å²) in [5.74, 6) is -0.595. The number of rotatable bonds is 6. The lowest BCUT2D eigenvalue weighted by Gasteiger charge is -2.48. The predicted molar refractivity (Wildman–Crippen MR) is 138 cm³/mol. The van der Waals surface area contributed by atoms with Gasteiger partial charge in [0.2, 0.25) is 5.91 Å². The topological polar surface area (TPSA) is 66.7 Å². The normalized spacial score (nSPS) is 19.3. The van der Waals surface area contributed by atoms with Gasteiger partial charge in [-0.2, -0.15) is 0 Å². The highest BCUT2D eigenvalue weighted by molar-refractivity contribution is 7.80. The first kappa shape index (κ1) is 23.9. The molecule has 0 aliphatic carbocycles. The van der Waals surface area contributed by atoms with Crippen molar-refractivity contribution in [2.24, 2.45) is 5.92 Å². The average molecular weight is 494 g/mol. The van der Waals surface area contributed by atoms with Crippen LogP contribution in [0.1, 0.15) is 31.0 Å². The maximum Gasteiger partial charge on any atom is 0.271 e. The van der Waals surface area contributed by atoms with Gasteiger partial charge < -0.3 is 4.90 Å². The third-order valence-electron chi connectivity index (χ3n) is 6.34. The van der Waals surface area contributed by atoms with Gasteiger partial charge in [-0.05, 0) is 61.8 Å². The fourth-order valence-corrected chi connectivity index (χ4v) is 5.12. The molecule has 8 heteroatoms. The Labute approximate surface area is 208 Å². The number of hydrogen-bond donors (Lipinski definition) is 0. The van der Waals surface area contributed by atoms with E-state index in [2.05, 4.69) is 11.8 Å². The number of nitro benzene ring substituents is 1. The van der Waals surface area contributed by atoms with Crippen LogP contribution in [-0.4, -0.2) is 26.9 Å². The molecule has 0 N–H and O–H groups in total. The van der Waals surface area contributed by atoms with E-state index in [9.17, 15) is 14.9 Å². The first-order valence-electron chi connectivity index (χ1n) is 11.0. The number of carbonyl (C=O) groups excluding carboxylic acids is 1. The van der Waals surface area contributed by atoms with Crippen molar-refractivity contribution >= 4 is 46.2 Å². The van der Waals surface area contributed by atoms with Crippen molar-refractivity contribution in [3.8, 4) is 0 Å². The molecule has 1 aliphatic rings. The lowest BCUT2D eigenvalue weighted by atomic mass is 9.87. The van der Waals surface area contributed by atoms with E-state index in [1.807, 2.05) is 61.5 Å². The molecule has 0 radical (unpaired) electrons. The van der Waals surface area contributed by atoms with Gasteiger partial charge >= 0.3 is 0 Å². The summed E-state index contributed by atoms with van der Waals surface area (Å²) in [6, 6.07) is 23.1. The number of non-ortho nitro benzene ring substituents is 1. The Bertz CT molecular complexity index is 1220. The summed E-state index contributed by atoms with van der Waals surface area (Å²) in [7, 11) is 0. The minimum Gasteiger partial charge on any atom is -0.338 e. The zero-order chi connectivity index (χ0) is 24.4. The summed E-state index contributed by atoms with van der Waals surface area (Å²) < 4.78 is 0. The summed E-state index contributed by atoms with van der Waals surface area (Å²) in [6.07, 6.45) is 0.489. The van der Waals surface area contributed by atoms with Gasteiger partial charge in [-0.15, -0.1) is 0 Å². The summed E-state index contributed by atoms with van der Waals surface area (Å²) in [5.41, 5.74) is 2.34. The highest BCUT2D eigenvalue weighted by atomic mass is 35.5. The van der Waals surface area contributed by atoms with E-state index in [0.717, 1.165) is 11.1 Å². The van der Waals surface area contributed by atoms with E-state index in [0.29, 0.717) is 22.2 Å². The summed E-state index contributed by atoms with van der Waals surface area (Å²) in [5, 5.41) is 12.4. The minimum atomic E-state index is -0.473. The second-order valence-electron chi connectivity index (χ2n) is 8.40. The Hall–Kier alpha value is -3.29. The Morgan fingerprint density at radius 3 is 2.38 bits per heavy atom. The smallest absolute Gasteiger partial charge is 0.271 e. The maximum atomic E-state index is 13.8. The van der Waals surface area contributed by atoms with Crippen molar-refractivity contribution in [2.75, 3.05) is 4.90 Å². The number of nitro groups is 1. The molecule has 6 nitrogen and oxygen atoms in total. The van der Waals surface area contributed by atoms with Crippen molar-refractivity contribution in [2.45, 2.75) is 32.4 Å². The van der Waals surface area contributed by atoms with Crippen LogP contribution in [0.2, 0.25) is 5.02 Å². The van der Waals surface area contributed by atoms with E-state index in [4.69, 9.17) is 23.8 Å². The van der Waals surface area contributed by atoms with Crippen LogP contribution in [0, 0.1) is 16.0 Å². The molecule has 3 aromatic carbocycles. The molecule has 1 aliphatic heterocycles. The lowest BCUT2D eigenvalue weighted by Crippen LogP contribution is -2.62. The number of amides is 1. The standard InChI is InChI=1S/C26H24ClN3O3S/c1-17(20-7-4-3-5-8-20)28-18(2)24(15-19-11-13-21(27)14-12-19)25(31)29(26(28)34)22-9-6-10-23(16-22)30(32)33/h3-14,16-18,24H,15H2,1-2H3/t17-,18+,24+/m0/s1. The summed E-state index contributed by atoms with van der Waals surface area (Å²) in [6.45, 7) is 4.06. The number of halogens is 1. The van der Waals surface area contributed by atoms with E-state index < -0.39 is 10.8 Å². The molecule has 1 heterocycles. The highest BCUT2D eigenvalue weighted by Crippen LogP contribution is 2.36. The van der Waals surface area contributed by atoms with Gasteiger partial charge in [-0.25, -0.2) is 0 Å². The van der Waals surface area contributed by atoms with Crippen LogP contribution in [-0.2, 0) is 11.2 Å². The lowest BCUT2D eigenvalue weighted by molar-refractivity contribution is -0.384. The number of anilines is 1. The number of thiocarbonyl (C=S) groups is 1. The Balaban J connectivity index is 1.78. The molecule has 1 saturated heterocycles. The molecule has 1 amide bonds. The number of carbonyl (C=O) groups is 1. The molecule has 4 rings (SSSR count). The minimum absolute atomic E-state index is 0.0939. The van der Waals surface area contributed by atoms with Gasteiger partial charge in [0.1, 0.15) is 0 Å². The predicted octanol–water partition coefficient (Wildman–Crippen LogP) is 6.19. The number of benzene rings is 3. The zero-order valence-corrected chi connectivity index (χ0v) is 20.4. The van der Waals surface area contributed by atoms with Crippen LogP contribution in [0.15, 0.2) is 78.9 Å². The molecule has 3 atom stereocenters. The highest BCUT2D eigenvalue weighted by Gasteiger charge is 2.44. The van der Waals surface area contributed by atoms with Gasteiger partial charge in [0.15, 0.2) is 5.11 Å². The van der Waals surface area contributed by atoms with Crippen LogP contribution < -0.4 is 4.90 Å². The SMILES string of the molecule is C[C@@H]1[C@@H](Cc2ccc(Cl)cc2)C(=O)N(c2cccc([N+](=O)[O-])c2)C(=S)N1[C@@H](C)c1ccccc1. The van der Waals surface area contributed by atoms with Crippen molar-refractivity contribution < 1.29 is 9.72 Å². The van der Waals surface area contributed by atoms with Crippen molar-refractivity contribution in [1.29, 1.82) is 0 Å². The molecule has 0 bridgehead atoms. The van der Waals surface area contributed by atoms with Gasteiger partial charge in [0, 0.05) is 23.2 Å². The van der Waals surface area contributed by atoms with Crippen LogP contribution in [0.25, 0.3) is 0 Å². The van der Waals surface area contributed by atoms with Gasteiger partial charge in [0.25, 0.3) is 5.69 Å². The molecule has 1 fully saturated rings. The first-order chi connectivity index (χ1) is 16.3. The second-order valence-corrected chi connectivity index (χ2v) is 9.21. The second kappa shape index (κ2) is 9.91. The summed E-state index contributed by atoms with van der Waals surface area (Å²) >= 11 is 11.9. The van der Waals surface area contributed by atoms with E-state index in [1.54, 1.807) is 12.1 Å². The quantitative estimate of drug-likeness (QED) is 0.232. The molecule has 0 aromatic heterocycles. The Kier molecular flexibility index (Phi) is 6.95. The molecular formula is C26H24ClN3O3S. The monoisotopic (exact) mass is 493 g/mol. The van der Waals surface area contributed by atoms with Crippen molar-refractivity contribution in [3.05, 3.63) is 105 Å². The van der Waals surface area contributed by atoms with Crippen LogP contribution in [0.4, 0.5) is 11.4 Å². The third kappa shape index (κ3) is 4.67. The van der Waals surface area contributed by atoms with Crippen molar-refractivity contribution in [1.82, 2.24) is 4.90 Å². The van der Waals surface area contributed by atoms with Crippen LogP contribution in [0.3, 0.4) is 0 Å². The molecule has 34 heavy (non-hydrogen) atoms. The van der Waals surface area contributed by atoms with E-state index in [1.165, 1.54) is 17.0 Å². The van der Waals surface area contributed by atoms with Gasteiger partial charge in [0.05, 0.1) is 22.6 Å². The molecule has 174 valence electrons. The van der Waals surface area contributed by atoms with Crippen LogP contribution in [0.5, 0.6) is 0 Å². The molecule has 0 saturated carbocycles. The molecular weight excluding hydrogens is 470 g/mol. The van der Waals surface area contributed by atoms with E-state index in [-0.39, 0.29) is 23.7 Å². The fourth-order valence-electron chi connectivity index (χ4n) is 4.48. The van der Waals surface area contributed by atoms with Gasteiger partial charge in [-0.3, -0.25) is 19.8 Å². The third-order valence-corrected chi connectivity index (χ3v) is 6.98. The average Bonchev–Trinajstić information content (AvgIpc) is 2.83. The molecule has 0 unspecified atom stereocenters. The largest absolute Gasteiger partial charge is 0.338 e. The molecule has 0 spiro atoms. The maximum absolute atomic E-state index is 13.8. The Morgan fingerprint density at radius 2 is 1.74 bits per heavy atom. The van der Waals surface area contributed by atoms with E-state index >= 15 is 0 Å². The molecule has 3 aromatic rings. The zero-order valence-electron chi connectivity index (χ0n) is 18.8. The Morgan fingerprint density at radius 1 is 1.06 bits per heavy atom. The first-order valence-corrected chi connectivity index (χ1v) is 11.8. The fraction of sp³-hybridized carbons (Fsp3) is 0.231. The van der Waals surface area contributed by atoms with Gasteiger partial charge in [-0.1, -0.05) is 60.1 Å². The number of hydrogen-bond acceptors (Lipinski definition) is 4. The van der Waals surface area contributed by atoms with Crippen LogP contribution >= 0.6 is 23.8 Å². The number of nitrogens with zero attached hydrogens (tertiary/aromatic N) is 3.